The summed E-state index contributed by atoms with van der Waals surface area (Å²) >= 11 is 0. The van der Waals surface area contributed by atoms with Crippen LogP contribution in [0.15, 0.2) is 24.3 Å². The molecule has 0 radical (unpaired) electrons. The second-order valence-electron chi connectivity index (χ2n) is 5.47. The molecule has 1 saturated carbocycles. The zero-order valence-corrected chi connectivity index (χ0v) is 11.9. The highest BCUT2D eigenvalue weighted by Crippen LogP contribution is 2.42. The molecule has 0 spiro atoms. The molecule has 19 heavy (non-hydrogen) atoms. The average molecular weight is 265 g/mol. The number of benzene rings is 1. The van der Waals surface area contributed by atoms with Gasteiger partial charge in [0.15, 0.2) is 0 Å². The van der Waals surface area contributed by atoms with Gasteiger partial charge in [-0.3, -0.25) is 0 Å². The van der Waals surface area contributed by atoms with Crippen molar-refractivity contribution in [2.45, 2.75) is 50.7 Å². The number of nitrogens with one attached hydrogen (secondary N) is 1. The van der Waals surface area contributed by atoms with Gasteiger partial charge in [-0.1, -0.05) is 25.1 Å². The molecule has 1 aromatic carbocycles. The number of hydrogen-bond acceptors (Lipinski definition) is 2. The molecular formula is C16H24FNO. The maximum absolute atomic E-state index is 14.0. The first-order chi connectivity index (χ1) is 9.21. The third kappa shape index (κ3) is 3.34. The number of halogens is 1. The second-order valence-corrected chi connectivity index (χ2v) is 5.47. The SMILES string of the molecule is CCCNC(CC1(OC)CCC1)c1ccccc1F. The lowest BCUT2D eigenvalue weighted by molar-refractivity contribution is -0.0839. The van der Waals surface area contributed by atoms with Gasteiger partial charge in [0.2, 0.25) is 0 Å². The zero-order chi connectivity index (χ0) is 13.7. The van der Waals surface area contributed by atoms with Crippen LogP contribution in [-0.4, -0.2) is 19.3 Å². The standard InChI is InChI=1S/C16H24FNO/c1-3-11-18-15(12-16(19-2)9-6-10-16)13-7-4-5-8-14(13)17/h4-5,7-8,15,18H,3,6,9-12H2,1-2H3. The van der Waals surface area contributed by atoms with Crippen molar-refractivity contribution in [3.8, 4) is 0 Å². The molecule has 1 atom stereocenters. The minimum Gasteiger partial charge on any atom is -0.378 e. The Morgan fingerprint density at radius 3 is 2.63 bits per heavy atom. The van der Waals surface area contributed by atoms with E-state index in [4.69, 9.17) is 4.74 Å². The minimum absolute atomic E-state index is 0.0430. The molecule has 0 heterocycles. The van der Waals surface area contributed by atoms with Gasteiger partial charge in [0.1, 0.15) is 5.82 Å². The zero-order valence-electron chi connectivity index (χ0n) is 11.9. The molecule has 1 unspecified atom stereocenters. The van der Waals surface area contributed by atoms with Gasteiger partial charge >= 0.3 is 0 Å². The van der Waals surface area contributed by atoms with E-state index in [0.717, 1.165) is 37.8 Å². The Hall–Kier alpha value is -0.930. The summed E-state index contributed by atoms with van der Waals surface area (Å²) in [4.78, 5) is 0. The van der Waals surface area contributed by atoms with E-state index in [1.165, 1.54) is 12.5 Å². The largest absolute Gasteiger partial charge is 0.378 e. The van der Waals surface area contributed by atoms with Crippen LogP contribution in [0.25, 0.3) is 0 Å². The number of rotatable bonds is 7. The van der Waals surface area contributed by atoms with E-state index in [-0.39, 0.29) is 17.5 Å². The topological polar surface area (TPSA) is 21.3 Å². The van der Waals surface area contributed by atoms with Gasteiger partial charge in [-0.2, -0.15) is 0 Å². The lowest BCUT2D eigenvalue weighted by Gasteiger charge is -2.43. The maximum Gasteiger partial charge on any atom is 0.127 e. The molecule has 0 aliphatic heterocycles. The summed E-state index contributed by atoms with van der Waals surface area (Å²) in [7, 11) is 1.78. The van der Waals surface area contributed by atoms with Crippen LogP contribution in [0.5, 0.6) is 0 Å². The molecule has 1 fully saturated rings. The first kappa shape index (κ1) is 14.5. The van der Waals surface area contributed by atoms with E-state index in [9.17, 15) is 4.39 Å². The van der Waals surface area contributed by atoms with E-state index in [1.54, 1.807) is 13.2 Å². The molecule has 2 rings (SSSR count). The first-order valence-electron chi connectivity index (χ1n) is 7.24. The third-order valence-electron chi connectivity index (χ3n) is 4.20. The molecule has 1 aliphatic carbocycles. The van der Waals surface area contributed by atoms with E-state index >= 15 is 0 Å². The molecule has 1 N–H and O–H groups in total. The molecule has 0 saturated heterocycles. The summed E-state index contributed by atoms with van der Waals surface area (Å²) in [6.45, 7) is 3.03. The summed E-state index contributed by atoms with van der Waals surface area (Å²) in [5.41, 5.74) is 0.715. The Morgan fingerprint density at radius 1 is 1.37 bits per heavy atom. The second kappa shape index (κ2) is 6.49. The van der Waals surface area contributed by atoms with Gasteiger partial charge in [0, 0.05) is 18.7 Å². The normalized spacial score (nSPS) is 18.9. The van der Waals surface area contributed by atoms with Crippen molar-refractivity contribution in [3.05, 3.63) is 35.6 Å². The molecule has 1 aromatic rings. The van der Waals surface area contributed by atoms with Crippen molar-refractivity contribution in [3.63, 3.8) is 0 Å². The lowest BCUT2D eigenvalue weighted by atomic mass is 9.74. The van der Waals surface area contributed by atoms with Gasteiger partial charge < -0.3 is 10.1 Å². The van der Waals surface area contributed by atoms with Gasteiger partial charge in [-0.15, -0.1) is 0 Å². The fraction of sp³-hybridized carbons (Fsp3) is 0.625. The van der Waals surface area contributed by atoms with Crippen molar-refractivity contribution in [2.24, 2.45) is 0 Å². The quantitative estimate of drug-likeness (QED) is 0.809. The van der Waals surface area contributed by atoms with Crippen molar-refractivity contribution in [1.82, 2.24) is 5.32 Å². The molecule has 1 aliphatic rings. The van der Waals surface area contributed by atoms with Crippen molar-refractivity contribution in [2.75, 3.05) is 13.7 Å². The van der Waals surface area contributed by atoms with Gasteiger partial charge in [0.05, 0.1) is 5.60 Å². The molecule has 3 heteroatoms. The highest BCUT2D eigenvalue weighted by atomic mass is 19.1. The minimum atomic E-state index is -0.123. The summed E-state index contributed by atoms with van der Waals surface area (Å²) in [5, 5.41) is 3.46. The van der Waals surface area contributed by atoms with Crippen LogP contribution in [0.4, 0.5) is 4.39 Å². The third-order valence-corrected chi connectivity index (χ3v) is 4.20. The molecule has 0 aromatic heterocycles. The molecular weight excluding hydrogens is 241 g/mol. The fourth-order valence-corrected chi connectivity index (χ4v) is 2.80. The predicted molar refractivity (Wildman–Crippen MR) is 75.6 cm³/mol. The van der Waals surface area contributed by atoms with Crippen LogP contribution >= 0.6 is 0 Å². The average Bonchev–Trinajstić information content (AvgIpc) is 2.38. The van der Waals surface area contributed by atoms with Crippen LogP contribution < -0.4 is 5.32 Å². The van der Waals surface area contributed by atoms with Crippen LogP contribution in [0.3, 0.4) is 0 Å². The van der Waals surface area contributed by atoms with Gasteiger partial charge in [-0.05, 0) is 44.7 Å². The Kier molecular flexibility index (Phi) is 4.94. The Bertz CT molecular complexity index is 398. The van der Waals surface area contributed by atoms with Crippen molar-refractivity contribution < 1.29 is 9.13 Å². The fourth-order valence-electron chi connectivity index (χ4n) is 2.80. The summed E-state index contributed by atoms with van der Waals surface area (Å²) in [6.07, 6.45) is 5.28. The summed E-state index contributed by atoms with van der Waals surface area (Å²) < 4.78 is 19.7. The van der Waals surface area contributed by atoms with Gasteiger partial charge in [-0.25, -0.2) is 4.39 Å². The Morgan fingerprint density at radius 2 is 2.11 bits per heavy atom. The van der Waals surface area contributed by atoms with E-state index < -0.39 is 0 Å². The smallest absolute Gasteiger partial charge is 0.127 e. The molecule has 0 amide bonds. The Balaban J connectivity index is 2.13. The molecule has 2 nitrogen and oxygen atoms in total. The molecule has 106 valence electrons. The number of ether oxygens (including phenoxy) is 1. The van der Waals surface area contributed by atoms with E-state index in [0.29, 0.717) is 0 Å². The lowest BCUT2D eigenvalue weighted by Crippen LogP contribution is -2.43. The van der Waals surface area contributed by atoms with Gasteiger partial charge in [0.25, 0.3) is 0 Å². The predicted octanol–water partition coefficient (Wildman–Crippen LogP) is 3.83. The monoisotopic (exact) mass is 265 g/mol. The maximum atomic E-state index is 14.0. The van der Waals surface area contributed by atoms with Crippen LogP contribution in [0.2, 0.25) is 0 Å². The summed E-state index contributed by atoms with van der Waals surface area (Å²) in [5.74, 6) is -0.123. The van der Waals surface area contributed by atoms with Crippen LogP contribution in [0.1, 0.15) is 50.6 Å². The van der Waals surface area contributed by atoms with Crippen molar-refractivity contribution in [1.29, 1.82) is 0 Å². The van der Waals surface area contributed by atoms with Crippen LogP contribution in [0, 0.1) is 5.82 Å². The van der Waals surface area contributed by atoms with Crippen molar-refractivity contribution >= 4 is 0 Å². The highest BCUT2D eigenvalue weighted by molar-refractivity contribution is 5.22. The summed E-state index contributed by atoms with van der Waals surface area (Å²) in [6, 6.07) is 7.10. The van der Waals surface area contributed by atoms with E-state index in [2.05, 4.69) is 12.2 Å². The number of methoxy groups -OCH3 is 1. The highest BCUT2D eigenvalue weighted by Gasteiger charge is 2.39. The number of hydrogen-bond donors (Lipinski definition) is 1. The first-order valence-corrected chi connectivity index (χ1v) is 7.24. The van der Waals surface area contributed by atoms with Crippen LogP contribution in [-0.2, 0) is 4.74 Å². The Labute approximate surface area is 115 Å². The van der Waals surface area contributed by atoms with E-state index in [1.807, 2.05) is 12.1 Å². The molecule has 0 bridgehead atoms.